The van der Waals surface area contributed by atoms with Crippen LogP contribution in [0, 0.1) is 13.8 Å². The molecule has 5 rings (SSSR count). The van der Waals surface area contributed by atoms with Crippen LogP contribution in [-0.2, 0) is 5.41 Å². The molecule has 0 radical (unpaired) electrons. The number of allylic oxidation sites excluding steroid dienone is 7. The van der Waals surface area contributed by atoms with Gasteiger partial charge in [-0.2, -0.15) is 0 Å². The lowest BCUT2D eigenvalue weighted by atomic mass is 9.66. The smallest absolute Gasteiger partial charge is 0.0710 e. The Kier molecular flexibility index (Phi) is 6.91. The van der Waals surface area contributed by atoms with Gasteiger partial charge < -0.3 is 0 Å². The van der Waals surface area contributed by atoms with Crippen molar-refractivity contribution in [2.75, 3.05) is 0 Å². The topological polar surface area (TPSA) is 0 Å². The molecule has 188 valence electrons. The van der Waals surface area contributed by atoms with E-state index in [9.17, 15) is 0 Å². The van der Waals surface area contributed by atoms with Crippen LogP contribution in [0.2, 0.25) is 0 Å². The molecule has 1 aliphatic carbocycles. The number of rotatable bonds is 6. The highest BCUT2D eigenvalue weighted by molar-refractivity contribution is 5.87. The highest BCUT2D eigenvalue weighted by Gasteiger charge is 2.45. The van der Waals surface area contributed by atoms with Gasteiger partial charge in [-0.15, -0.1) is 0 Å². The zero-order valence-corrected chi connectivity index (χ0v) is 23.2. The number of fused-ring (bicyclic) bond motifs is 1. The largest absolute Gasteiger partial charge is 0.0912 e. The van der Waals surface area contributed by atoms with E-state index in [2.05, 4.69) is 143 Å². The standard InChI is InChI=1S/C38H36/c1-7-13-26(3)30-20-23-31(24-21-30)38(36(14-8-2)29(6)34-17-11-12-18-37(34)38)32-22-19-28(5)35(25-32)33-16-10-9-15-27(33)4/h7-25H,3H2,1-2,4-6H3/b13-7-,14-8-. The molecule has 1 atom stereocenters. The Morgan fingerprint density at radius 1 is 0.658 bits per heavy atom. The average Bonchev–Trinajstić information content (AvgIpc) is 3.18. The minimum absolute atomic E-state index is 0.418. The molecule has 38 heavy (non-hydrogen) atoms. The molecular formula is C38H36. The first-order valence-corrected chi connectivity index (χ1v) is 13.5. The van der Waals surface area contributed by atoms with Gasteiger partial charge in [0.25, 0.3) is 0 Å². The van der Waals surface area contributed by atoms with Crippen LogP contribution < -0.4 is 0 Å². The number of benzene rings is 4. The highest BCUT2D eigenvalue weighted by Crippen LogP contribution is 2.55. The summed E-state index contributed by atoms with van der Waals surface area (Å²) in [6.45, 7) is 15.1. The van der Waals surface area contributed by atoms with Gasteiger partial charge in [-0.1, -0.05) is 116 Å². The van der Waals surface area contributed by atoms with Crippen LogP contribution in [0.25, 0.3) is 22.3 Å². The molecule has 0 aliphatic heterocycles. The van der Waals surface area contributed by atoms with Gasteiger partial charge >= 0.3 is 0 Å². The van der Waals surface area contributed by atoms with Gasteiger partial charge in [0.2, 0.25) is 0 Å². The Bertz CT molecular complexity index is 1600. The summed E-state index contributed by atoms with van der Waals surface area (Å²) in [5.74, 6) is 0. The molecule has 0 amide bonds. The first kappa shape index (κ1) is 25.5. The molecule has 1 aliphatic rings. The molecule has 4 aromatic carbocycles. The maximum Gasteiger partial charge on any atom is 0.0710 e. The molecule has 0 heteroatoms. The van der Waals surface area contributed by atoms with Crippen molar-refractivity contribution in [3.05, 3.63) is 166 Å². The zero-order valence-electron chi connectivity index (χ0n) is 23.2. The van der Waals surface area contributed by atoms with Gasteiger partial charge in [-0.3, -0.25) is 0 Å². The minimum Gasteiger partial charge on any atom is -0.0912 e. The molecule has 0 heterocycles. The molecule has 0 N–H and O–H groups in total. The summed E-state index contributed by atoms with van der Waals surface area (Å²) in [5, 5.41) is 0. The Morgan fingerprint density at radius 3 is 1.97 bits per heavy atom. The molecule has 4 aromatic rings. The van der Waals surface area contributed by atoms with Gasteiger partial charge in [0.1, 0.15) is 0 Å². The lowest BCUT2D eigenvalue weighted by molar-refractivity contribution is 0.760. The van der Waals surface area contributed by atoms with E-state index in [4.69, 9.17) is 0 Å². The van der Waals surface area contributed by atoms with E-state index in [0.717, 1.165) is 11.1 Å². The van der Waals surface area contributed by atoms with Crippen molar-refractivity contribution in [2.45, 2.75) is 40.0 Å². The minimum atomic E-state index is -0.418. The second kappa shape index (κ2) is 10.3. The molecule has 0 bridgehead atoms. The Labute approximate surface area is 228 Å². The van der Waals surface area contributed by atoms with E-state index >= 15 is 0 Å². The molecule has 0 aromatic heterocycles. The molecule has 0 fully saturated rings. The van der Waals surface area contributed by atoms with Gasteiger partial charge in [0.05, 0.1) is 5.41 Å². The predicted molar refractivity (Wildman–Crippen MR) is 165 cm³/mol. The van der Waals surface area contributed by atoms with Crippen LogP contribution in [0.3, 0.4) is 0 Å². The van der Waals surface area contributed by atoms with Crippen LogP contribution in [0.5, 0.6) is 0 Å². The fourth-order valence-corrected chi connectivity index (χ4v) is 6.17. The van der Waals surface area contributed by atoms with Gasteiger partial charge in [-0.05, 0) is 107 Å². The second-order valence-corrected chi connectivity index (χ2v) is 10.3. The summed E-state index contributed by atoms with van der Waals surface area (Å²) >= 11 is 0. The second-order valence-electron chi connectivity index (χ2n) is 10.3. The van der Waals surface area contributed by atoms with Crippen molar-refractivity contribution in [2.24, 2.45) is 0 Å². The van der Waals surface area contributed by atoms with E-state index in [-0.39, 0.29) is 0 Å². The van der Waals surface area contributed by atoms with Crippen LogP contribution in [0.15, 0.2) is 127 Å². The van der Waals surface area contributed by atoms with Crippen LogP contribution in [-0.4, -0.2) is 0 Å². The van der Waals surface area contributed by atoms with E-state index in [0.29, 0.717) is 0 Å². The molecule has 0 nitrogen and oxygen atoms in total. The summed E-state index contributed by atoms with van der Waals surface area (Å²) in [6, 6.07) is 33.7. The van der Waals surface area contributed by atoms with Crippen LogP contribution in [0.1, 0.15) is 59.7 Å². The van der Waals surface area contributed by atoms with Crippen LogP contribution >= 0.6 is 0 Å². The number of aryl methyl sites for hydroxylation is 2. The van der Waals surface area contributed by atoms with Gasteiger partial charge in [0.15, 0.2) is 0 Å². The molecule has 0 spiro atoms. The third-order valence-corrected chi connectivity index (χ3v) is 8.04. The summed E-state index contributed by atoms with van der Waals surface area (Å²) in [7, 11) is 0. The van der Waals surface area contributed by atoms with Gasteiger partial charge in [0, 0.05) is 0 Å². The fourth-order valence-electron chi connectivity index (χ4n) is 6.17. The van der Waals surface area contributed by atoms with Crippen molar-refractivity contribution in [1.82, 2.24) is 0 Å². The molecule has 0 saturated heterocycles. The summed E-state index contributed by atoms with van der Waals surface area (Å²) in [5.41, 5.74) is 14.8. The van der Waals surface area contributed by atoms with E-state index in [1.807, 2.05) is 13.0 Å². The van der Waals surface area contributed by atoms with Crippen molar-refractivity contribution in [3.8, 4) is 11.1 Å². The Balaban J connectivity index is 1.85. The van der Waals surface area contributed by atoms with E-state index in [1.165, 1.54) is 55.7 Å². The maximum atomic E-state index is 4.27. The number of hydrogen-bond donors (Lipinski definition) is 0. The lowest BCUT2D eigenvalue weighted by Crippen LogP contribution is -2.29. The van der Waals surface area contributed by atoms with Crippen LogP contribution in [0.4, 0.5) is 0 Å². The molecule has 0 saturated carbocycles. The first-order chi connectivity index (χ1) is 18.4. The Hall–Kier alpha value is -4.16. The summed E-state index contributed by atoms with van der Waals surface area (Å²) in [6.07, 6.45) is 8.60. The quantitative estimate of drug-likeness (QED) is 0.235. The third-order valence-electron chi connectivity index (χ3n) is 8.04. The van der Waals surface area contributed by atoms with E-state index < -0.39 is 5.41 Å². The average molecular weight is 493 g/mol. The SMILES string of the molecule is C=C(/C=C\C)c1ccc(C2(c3ccc(C)c(-c4ccccc4C)c3)C(/C=C\C)=C(C)c3ccccc32)cc1. The first-order valence-electron chi connectivity index (χ1n) is 13.5. The monoisotopic (exact) mass is 492 g/mol. The predicted octanol–water partition coefficient (Wildman–Crippen LogP) is 10.3. The summed E-state index contributed by atoms with van der Waals surface area (Å²) in [4.78, 5) is 0. The summed E-state index contributed by atoms with van der Waals surface area (Å²) < 4.78 is 0. The molecular weight excluding hydrogens is 456 g/mol. The maximum absolute atomic E-state index is 4.27. The highest BCUT2D eigenvalue weighted by atomic mass is 14.5. The van der Waals surface area contributed by atoms with Crippen molar-refractivity contribution < 1.29 is 0 Å². The normalized spacial score (nSPS) is 17.0. The third kappa shape index (κ3) is 4.02. The van der Waals surface area contributed by atoms with Crippen molar-refractivity contribution in [1.29, 1.82) is 0 Å². The number of hydrogen-bond acceptors (Lipinski definition) is 0. The van der Waals surface area contributed by atoms with Crippen molar-refractivity contribution in [3.63, 3.8) is 0 Å². The lowest BCUT2D eigenvalue weighted by Gasteiger charge is -2.35. The molecule has 1 unspecified atom stereocenters. The zero-order chi connectivity index (χ0) is 26.9. The van der Waals surface area contributed by atoms with E-state index in [1.54, 1.807) is 0 Å². The van der Waals surface area contributed by atoms with Gasteiger partial charge in [-0.25, -0.2) is 0 Å². The van der Waals surface area contributed by atoms with Crippen molar-refractivity contribution >= 4 is 11.1 Å². The fraction of sp³-hybridized carbons (Fsp3) is 0.158. The Morgan fingerprint density at radius 2 is 1.29 bits per heavy atom.